The summed E-state index contributed by atoms with van der Waals surface area (Å²) in [5.74, 6) is 1.08. The maximum Gasteiger partial charge on any atom is 0.222 e. The number of phenols is 1. The fourth-order valence-corrected chi connectivity index (χ4v) is 4.35. The molecule has 1 N–H and O–H groups in total. The number of aromatic nitrogens is 1. The lowest BCUT2D eigenvalue weighted by Gasteiger charge is -2.35. The van der Waals surface area contributed by atoms with E-state index < -0.39 is 0 Å². The lowest BCUT2D eigenvalue weighted by molar-refractivity contribution is -0.131. The number of hydrogen-bond acceptors (Lipinski definition) is 4. The van der Waals surface area contributed by atoms with Gasteiger partial charge >= 0.3 is 0 Å². The van der Waals surface area contributed by atoms with Crippen molar-refractivity contribution in [3.8, 4) is 5.75 Å². The Labute approximate surface area is 160 Å². The van der Waals surface area contributed by atoms with Gasteiger partial charge in [-0.25, -0.2) is 0 Å². The molecule has 0 saturated carbocycles. The second kappa shape index (κ2) is 8.09. The van der Waals surface area contributed by atoms with Gasteiger partial charge in [0, 0.05) is 44.8 Å². The molecule has 5 heteroatoms. The van der Waals surface area contributed by atoms with Crippen molar-refractivity contribution in [3.63, 3.8) is 0 Å². The number of fused-ring (bicyclic) bond motifs is 4. The molecular weight excluding hydrogens is 338 g/mol. The Morgan fingerprint density at radius 1 is 1.07 bits per heavy atom. The van der Waals surface area contributed by atoms with E-state index in [0.717, 1.165) is 43.9 Å². The van der Waals surface area contributed by atoms with Crippen LogP contribution in [0.2, 0.25) is 0 Å². The number of aryl methyl sites for hydroxylation is 1. The number of pyridine rings is 1. The quantitative estimate of drug-likeness (QED) is 0.885. The number of carbonyl (C=O) groups excluding carboxylic acids is 1. The van der Waals surface area contributed by atoms with Crippen molar-refractivity contribution in [2.75, 3.05) is 19.6 Å². The fraction of sp³-hybridized carbons (Fsp3) is 0.455. The first-order valence-electron chi connectivity index (χ1n) is 9.87. The van der Waals surface area contributed by atoms with Crippen LogP contribution in [0.4, 0.5) is 0 Å². The number of hydrogen-bond donors (Lipinski definition) is 1. The third kappa shape index (κ3) is 4.48. The highest BCUT2D eigenvalue weighted by atomic mass is 16.3. The van der Waals surface area contributed by atoms with E-state index in [9.17, 15) is 9.90 Å². The van der Waals surface area contributed by atoms with Gasteiger partial charge in [-0.05, 0) is 55.0 Å². The van der Waals surface area contributed by atoms with E-state index in [4.69, 9.17) is 0 Å². The van der Waals surface area contributed by atoms with Gasteiger partial charge in [-0.1, -0.05) is 18.2 Å². The number of rotatable bonds is 5. The van der Waals surface area contributed by atoms with Crippen LogP contribution >= 0.6 is 0 Å². The normalized spacial score (nSPS) is 22.6. The summed E-state index contributed by atoms with van der Waals surface area (Å²) in [6.07, 6.45) is 5.49. The first-order valence-corrected chi connectivity index (χ1v) is 9.87. The van der Waals surface area contributed by atoms with Gasteiger partial charge < -0.3 is 10.0 Å². The zero-order chi connectivity index (χ0) is 18.6. The molecular formula is C22H27N3O2. The Morgan fingerprint density at radius 3 is 2.70 bits per heavy atom. The smallest absolute Gasteiger partial charge is 0.222 e. The maximum absolute atomic E-state index is 12.8. The topological polar surface area (TPSA) is 56.7 Å². The summed E-state index contributed by atoms with van der Waals surface area (Å²) >= 11 is 0. The summed E-state index contributed by atoms with van der Waals surface area (Å²) in [6, 6.07) is 13.7. The Bertz CT molecular complexity index is 763. The molecule has 5 rings (SSSR count). The highest BCUT2D eigenvalue weighted by Crippen LogP contribution is 2.29. The predicted molar refractivity (Wildman–Crippen MR) is 104 cm³/mol. The fourth-order valence-electron chi connectivity index (χ4n) is 4.35. The van der Waals surface area contributed by atoms with Gasteiger partial charge in [0.05, 0.1) is 5.69 Å². The van der Waals surface area contributed by atoms with Crippen LogP contribution in [0.15, 0.2) is 48.7 Å². The van der Waals surface area contributed by atoms with Crippen molar-refractivity contribution in [2.24, 2.45) is 5.92 Å². The van der Waals surface area contributed by atoms with E-state index in [1.165, 1.54) is 12.8 Å². The van der Waals surface area contributed by atoms with Crippen LogP contribution in [0.3, 0.4) is 0 Å². The standard InChI is InChI=1S/C22H27N3O2/c26-21-9-5-17(6-10-21)7-11-22(27)25-14-18-4-8-20(16-25)24(13-18)15-19-3-1-2-12-23-19/h1-3,5-6,9-10,12,18,20,26H,4,7-8,11,13-16H2/t18-,20-/m1/s1. The van der Waals surface area contributed by atoms with Crippen molar-refractivity contribution in [1.29, 1.82) is 0 Å². The summed E-state index contributed by atoms with van der Waals surface area (Å²) < 4.78 is 0. The van der Waals surface area contributed by atoms with Crippen LogP contribution < -0.4 is 0 Å². The average molecular weight is 365 g/mol. The summed E-state index contributed by atoms with van der Waals surface area (Å²) in [7, 11) is 0. The number of benzene rings is 1. The SMILES string of the molecule is O=C(CCc1ccc(O)cc1)N1C[C@@H]2CC[C@H](C1)N(Cc1ccccn1)C2. The Kier molecular flexibility index (Phi) is 5.39. The second-order valence-electron chi connectivity index (χ2n) is 7.81. The van der Waals surface area contributed by atoms with E-state index in [2.05, 4.69) is 20.9 Å². The molecule has 0 radical (unpaired) electrons. The van der Waals surface area contributed by atoms with Crippen LogP contribution in [0.1, 0.15) is 30.5 Å². The van der Waals surface area contributed by atoms with Crippen molar-refractivity contribution in [1.82, 2.24) is 14.8 Å². The lowest BCUT2D eigenvalue weighted by atomic mass is 9.95. The molecule has 0 unspecified atom stereocenters. The third-order valence-electron chi connectivity index (χ3n) is 5.83. The summed E-state index contributed by atoms with van der Waals surface area (Å²) in [4.78, 5) is 21.9. The molecule has 3 aliphatic rings. The molecule has 2 atom stereocenters. The van der Waals surface area contributed by atoms with Crippen molar-refractivity contribution >= 4 is 5.91 Å². The first kappa shape index (κ1) is 18.0. The monoisotopic (exact) mass is 365 g/mol. The zero-order valence-corrected chi connectivity index (χ0v) is 15.6. The predicted octanol–water partition coefficient (Wildman–Crippen LogP) is 2.84. The van der Waals surface area contributed by atoms with Crippen LogP contribution in [0.25, 0.3) is 0 Å². The molecule has 1 aromatic heterocycles. The number of nitrogens with zero attached hydrogens (tertiary/aromatic N) is 3. The molecule has 1 amide bonds. The van der Waals surface area contributed by atoms with Gasteiger partial charge in [0.2, 0.25) is 5.91 Å². The summed E-state index contributed by atoms with van der Waals surface area (Å²) in [5, 5.41) is 9.38. The van der Waals surface area contributed by atoms with Crippen LogP contribution in [0, 0.1) is 5.92 Å². The molecule has 2 bridgehead atoms. The molecule has 142 valence electrons. The average Bonchev–Trinajstić information content (AvgIpc) is 3.00. The highest BCUT2D eigenvalue weighted by molar-refractivity contribution is 5.76. The first-order chi connectivity index (χ1) is 13.2. The van der Waals surface area contributed by atoms with E-state index in [1.54, 1.807) is 12.1 Å². The Morgan fingerprint density at radius 2 is 1.93 bits per heavy atom. The molecule has 3 saturated heterocycles. The minimum absolute atomic E-state index is 0.250. The summed E-state index contributed by atoms with van der Waals surface area (Å²) in [6.45, 7) is 3.64. The number of aromatic hydroxyl groups is 1. The minimum Gasteiger partial charge on any atom is -0.508 e. The van der Waals surface area contributed by atoms with Crippen molar-refractivity contribution < 1.29 is 9.90 Å². The van der Waals surface area contributed by atoms with E-state index >= 15 is 0 Å². The molecule has 0 aliphatic carbocycles. The zero-order valence-electron chi connectivity index (χ0n) is 15.6. The molecule has 2 aromatic rings. The third-order valence-corrected chi connectivity index (χ3v) is 5.83. The molecule has 1 aromatic carbocycles. The maximum atomic E-state index is 12.8. The summed E-state index contributed by atoms with van der Waals surface area (Å²) in [5.41, 5.74) is 2.20. The molecule has 5 nitrogen and oxygen atoms in total. The van der Waals surface area contributed by atoms with Crippen molar-refractivity contribution in [2.45, 2.75) is 38.3 Å². The van der Waals surface area contributed by atoms with Gasteiger partial charge in [0.25, 0.3) is 0 Å². The highest BCUT2D eigenvalue weighted by Gasteiger charge is 2.36. The number of carbonyl (C=O) groups is 1. The van der Waals surface area contributed by atoms with Gasteiger partial charge in [-0.2, -0.15) is 0 Å². The van der Waals surface area contributed by atoms with E-state index in [-0.39, 0.29) is 11.7 Å². The molecule has 4 heterocycles. The number of piperidine rings is 1. The van der Waals surface area contributed by atoms with Crippen molar-refractivity contribution in [3.05, 3.63) is 59.9 Å². The largest absolute Gasteiger partial charge is 0.508 e. The van der Waals surface area contributed by atoms with E-state index in [0.29, 0.717) is 18.4 Å². The second-order valence-corrected chi connectivity index (χ2v) is 7.81. The number of amides is 1. The minimum atomic E-state index is 0.250. The van der Waals surface area contributed by atoms with Crippen LogP contribution in [0.5, 0.6) is 5.75 Å². The number of phenolic OH excluding ortho intramolecular Hbond substituents is 1. The van der Waals surface area contributed by atoms with Gasteiger partial charge in [0.15, 0.2) is 0 Å². The molecule has 3 aliphatic heterocycles. The molecule has 0 spiro atoms. The van der Waals surface area contributed by atoms with Crippen LogP contribution in [-0.4, -0.2) is 51.5 Å². The van der Waals surface area contributed by atoms with Gasteiger partial charge in [0.1, 0.15) is 5.75 Å². The van der Waals surface area contributed by atoms with E-state index in [1.807, 2.05) is 30.5 Å². The molecule has 3 fully saturated rings. The van der Waals surface area contributed by atoms with Gasteiger partial charge in [-0.3, -0.25) is 14.7 Å². The Balaban J connectivity index is 1.36. The lowest BCUT2D eigenvalue weighted by Crippen LogP contribution is -2.44. The Hall–Kier alpha value is -2.40. The van der Waals surface area contributed by atoms with Gasteiger partial charge in [-0.15, -0.1) is 0 Å². The van der Waals surface area contributed by atoms with Crippen LogP contribution in [-0.2, 0) is 17.8 Å². The molecule has 27 heavy (non-hydrogen) atoms.